The molecule has 128 valence electrons. The van der Waals surface area contributed by atoms with Gasteiger partial charge in [0.15, 0.2) is 0 Å². The Balaban J connectivity index is 1.87. The second-order valence-corrected chi connectivity index (χ2v) is 7.04. The lowest BCUT2D eigenvalue weighted by atomic mass is 10.1. The van der Waals surface area contributed by atoms with Gasteiger partial charge in [0.1, 0.15) is 11.6 Å². The molecule has 0 radical (unpaired) electrons. The number of hydrogen-bond donors (Lipinski definition) is 1. The molecular weight excluding hydrogens is 388 g/mol. The van der Waals surface area contributed by atoms with Gasteiger partial charge in [-0.2, -0.15) is 0 Å². The van der Waals surface area contributed by atoms with E-state index in [0.717, 1.165) is 22.7 Å². The molecule has 2 amide bonds. The van der Waals surface area contributed by atoms with Gasteiger partial charge in [0, 0.05) is 15.6 Å². The molecule has 0 aliphatic carbocycles. The molecule has 0 aromatic heterocycles. The van der Waals surface area contributed by atoms with E-state index in [4.69, 9.17) is 23.2 Å². The number of amides is 2. The molecule has 1 aliphatic rings. The predicted octanol–water partition coefficient (Wildman–Crippen LogP) is 5.07. The fourth-order valence-corrected chi connectivity index (χ4v) is 3.48. The molecule has 3 rings (SSSR count). The summed E-state index contributed by atoms with van der Waals surface area (Å²) in [7, 11) is 0. The van der Waals surface area contributed by atoms with Crippen LogP contribution in [0.2, 0.25) is 10.0 Å². The standard InChI is InChI=1S/C17H10Cl2FNO3S/c18-11-2-4-14(22)10(5-11)6-15-16(23)21(17(24)25-15)8-9-1-3-12(20)7-13(9)19/h1-7,22H,8H2/b15-6-. The Morgan fingerprint density at radius 2 is 1.92 bits per heavy atom. The zero-order valence-electron chi connectivity index (χ0n) is 12.5. The Hall–Kier alpha value is -2.02. The normalized spacial score (nSPS) is 16.1. The minimum Gasteiger partial charge on any atom is -0.507 e. The molecule has 2 aromatic rings. The molecule has 8 heteroatoms. The van der Waals surface area contributed by atoms with E-state index >= 15 is 0 Å². The van der Waals surface area contributed by atoms with E-state index in [0.29, 0.717) is 16.1 Å². The molecular formula is C17H10Cl2FNO3S. The Morgan fingerprint density at radius 3 is 2.64 bits per heavy atom. The monoisotopic (exact) mass is 397 g/mol. The minimum absolute atomic E-state index is 0.0576. The number of hydrogen-bond acceptors (Lipinski definition) is 4. The highest BCUT2D eigenvalue weighted by Gasteiger charge is 2.35. The summed E-state index contributed by atoms with van der Waals surface area (Å²) in [6, 6.07) is 8.15. The van der Waals surface area contributed by atoms with E-state index in [1.54, 1.807) is 0 Å². The van der Waals surface area contributed by atoms with Crippen LogP contribution in [-0.4, -0.2) is 21.2 Å². The van der Waals surface area contributed by atoms with Gasteiger partial charge < -0.3 is 5.11 Å². The number of phenolic OH excluding ortho intramolecular Hbond substituents is 1. The van der Waals surface area contributed by atoms with Gasteiger partial charge in [-0.3, -0.25) is 14.5 Å². The van der Waals surface area contributed by atoms with Gasteiger partial charge in [0.2, 0.25) is 0 Å². The van der Waals surface area contributed by atoms with Gasteiger partial charge >= 0.3 is 0 Å². The first-order valence-corrected chi connectivity index (χ1v) is 8.60. The summed E-state index contributed by atoms with van der Waals surface area (Å²) in [5.41, 5.74) is 0.787. The van der Waals surface area contributed by atoms with E-state index in [1.165, 1.54) is 36.4 Å². The molecule has 1 fully saturated rings. The maximum absolute atomic E-state index is 13.1. The van der Waals surface area contributed by atoms with Crippen molar-refractivity contribution in [2.45, 2.75) is 6.54 Å². The third kappa shape index (κ3) is 3.81. The van der Waals surface area contributed by atoms with Crippen LogP contribution in [0.3, 0.4) is 0 Å². The van der Waals surface area contributed by atoms with Gasteiger partial charge in [-0.1, -0.05) is 29.3 Å². The first-order chi connectivity index (χ1) is 11.8. The van der Waals surface area contributed by atoms with Crippen molar-refractivity contribution in [2.75, 3.05) is 0 Å². The number of carbonyl (C=O) groups is 2. The van der Waals surface area contributed by atoms with Crippen molar-refractivity contribution in [2.24, 2.45) is 0 Å². The number of thioether (sulfide) groups is 1. The molecule has 0 saturated carbocycles. The first-order valence-electron chi connectivity index (χ1n) is 7.03. The molecule has 1 saturated heterocycles. The molecule has 4 nitrogen and oxygen atoms in total. The molecule has 0 bridgehead atoms. The number of phenols is 1. The average Bonchev–Trinajstić information content (AvgIpc) is 2.81. The van der Waals surface area contributed by atoms with Crippen LogP contribution in [0.4, 0.5) is 9.18 Å². The van der Waals surface area contributed by atoms with Crippen molar-refractivity contribution in [1.82, 2.24) is 4.90 Å². The highest BCUT2D eigenvalue weighted by Crippen LogP contribution is 2.36. The summed E-state index contributed by atoms with van der Waals surface area (Å²) in [6.07, 6.45) is 1.40. The van der Waals surface area contributed by atoms with Crippen molar-refractivity contribution in [3.63, 3.8) is 0 Å². The van der Waals surface area contributed by atoms with E-state index in [2.05, 4.69) is 0 Å². The lowest BCUT2D eigenvalue weighted by Gasteiger charge is -2.13. The van der Waals surface area contributed by atoms with E-state index in [1.807, 2.05) is 0 Å². The third-order valence-corrected chi connectivity index (χ3v) is 4.99. The van der Waals surface area contributed by atoms with Gasteiger partial charge in [-0.05, 0) is 53.7 Å². The Bertz CT molecular complexity index is 917. The van der Waals surface area contributed by atoms with Crippen LogP contribution in [0.25, 0.3) is 6.08 Å². The summed E-state index contributed by atoms with van der Waals surface area (Å²) in [5.74, 6) is -1.08. The van der Waals surface area contributed by atoms with Crippen LogP contribution in [-0.2, 0) is 11.3 Å². The maximum atomic E-state index is 13.1. The van der Waals surface area contributed by atoms with Crippen LogP contribution < -0.4 is 0 Å². The molecule has 25 heavy (non-hydrogen) atoms. The fraction of sp³-hybridized carbons (Fsp3) is 0.0588. The fourth-order valence-electron chi connectivity index (χ4n) is 2.24. The molecule has 0 unspecified atom stereocenters. The number of halogens is 3. The predicted molar refractivity (Wildman–Crippen MR) is 96.0 cm³/mol. The topological polar surface area (TPSA) is 57.6 Å². The summed E-state index contributed by atoms with van der Waals surface area (Å²) < 4.78 is 13.1. The van der Waals surface area contributed by atoms with Crippen LogP contribution in [0.1, 0.15) is 11.1 Å². The maximum Gasteiger partial charge on any atom is 0.293 e. The lowest BCUT2D eigenvalue weighted by molar-refractivity contribution is -0.123. The Labute approximate surface area is 156 Å². The quantitative estimate of drug-likeness (QED) is 0.734. The highest BCUT2D eigenvalue weighted by molar-refractivity contribution is 8.18. The second kappa shape index (κ2) is 7.07. The Morgan fingerprint density at radius 1 is 1.16 bits per heavy atom. The molecule has 1 N–H and O–H groups in total. The minimum atomic E-state index is -0.519. The smallest absolute Gasteiger partial charge is 0.293 e. The number of rotatable bonds is 3. The highest BCUT2D eigenvalue weighted by atomic mass is 35.5. The van der Waals surface area contributed by atoms with Gasteiger partial charge in [0.05, 0.1) is 11.4 Å². The first kappa shape index (κ1) is 17.8. The SMILES string of the molecule is O=C1S/C(=C\c2cc(Cl)ccc2O)C(=O)N1Cc1ccc(F)cc1Cl. The summed E-state index contributed by atoms with van der Waals surface area (Å²) >= 11 is 12.6. The number of aromatic hydroxyl groups is 1. The van der Waals surface area contributed by atoms with E-state index in [-0.39, 0.29) is 22.2 Å². The van der Waals surface area contributed by atoms with Crippen LogP contribution >= 0.6 is 35.0 Å². The molecule has 0 spiro atoms. The van der Waals surface area contributed by atoms with Crippen LogP contribution in [0.5, 0.6) is 5.75 Å². The lowest BCUT2D eigenvalue weighted by Crippen LogP contribution is -2.27. The molecule has 1 heterocycles. The van der Waals surface area contributed by atoms with Crippen LogP contribution in [0, 0.1) is 5.82 Å². The van der Waals surface area contributed by atoms with Crippen molar-refractivity contribution in [3.8, 4) is 5.75 Å². The number of carbonyl (C=O) groups excluding carboxylic acids is 2. The van der Waals surface area contributed by atoms with Crippen molar-refractivity contribution in [1.29, 1.82) is 0 Å². The largest absolute Gasteiger partial charge is 0.507 e. The number of imide groups is 1. The van der Waals surface area contributed by atoms with Crippen molar-refractivity contribution >= 4 is 52.2 Å². The van der Waals surface area contributed by atoms with E-state index < -0.39 is 17.0 Å². The van der Waals surface area contributed by atoms with Gasteiger partial charge in [0.25, 0.3) is 11.1 Å². The molecule has 0 atom stereocenters. The van der Waals surface area contributed by atoms with Crippen molar-refractivity contribution < 1.29 is 19.1 Å². The van der Waals surface area contributed by atoms with Gasteiger partial charge in [-0.15, -0.1) is 0 Å². The summed E-state index contributed by atoms with van der Waals surface area (Å²) in [5, 5.41) is 9.89. The third-order valence-electron chi connectivity index (χ3n) is 3.49. The van der Waals surface area contributed by atoms with Gasteiger partial charge in [-0.25, -0.2) is 4.39 Å². The number of nitrogens with zero attached hydrogens (tertiary/aromatic N) is 1. The molecule has 2 aromatic carbocycles. The second-order valence-electron chi connectivity index (χ2n) is 5.21. The Kier molecular flexibility index (Phi) is 5.03. The summed E-state index contributed by atoms with van der Waals surface area (Å²) in [4.78, 5) is 25.8. The molecule has 1 aliphatic heterocycles. The zero-order valence-corrected chi connectivity index (χ0v) is 14.8. The summed E-state index contributed by atoms with van der Waals surface area (Å²) in [6.45, 7) is -0.0668. The average molecular weight is 398 g/mol. The van der Waals surface area contributed by atoms with Crippen LogP contribution in [0.15, 0.2) is 41.3 Å². The van der Waals surface area contributed by atoms with Crippen molar-refractivity contribution in [3.05, 3.63) is 68.3 Å². The van der Waals surface area contributed by atoms with E-state index in [9.17, 15) is 19.1 Å². The number of benzene rings is 2. The zero-order chi connectivity index (χ0) is 18.1.